The lowest BCUT2D eigenvalue weighted by Crippen LogP contribution is -2.18. The van der Waals surface area contributed by atoms with Gasteiger partial charge in [0.2, 0.25) is 0 Å². The second kappa shape index (κ2) is 4.55. The van der Waals surface area contributed by atoms with Gasteiger partial charge in [-0.3, -0.25) is 0 Å². The SMILES string of the molecule is NC(=S)Nc1ccc(-n2cccc2)c(Cl)c1. The summed E-state index contributed by atoms with van der Waals surface area (Å²) in [4.78, 5) is 0. The van der Waals surface area contributed by atoms with Crippen LogP contribution in [0.15, 0.2) is 42.7 Å². The zero-order valence-electron chi connectivity index (χ0n) is 8.35. The molecule has 2 rings (SSSR count). The highest BCUT2D eigenvalue weighted by atomic mass is 35.5. The molecule has 0 aliphatic heterocycles. The van der Waals surface area contributed by atoms with Crippen molar-refractivity contribution in [3.8, 4) is 5.69 Å². The second-order valence-electron chi connectivity index (χ2n) is 3.25. The van der Waals surface area contributed by atoms with Crippen LogP contribution in [-0.4, -0.2) is 9.68 Å². The Morgan fingerprint density at radius 1 is 1.31 bits per heavy atom. The van der Waals surface area contributed by atoms with Crippen molar-refractivity contribution in [2.45, 2.75) is 0 Å². The molecule has 3 nitrogen and oxygen atoms in total. The van der Waals surface area contributed by atoms with Gasteiger partial charge in [-0.1, -0.05) is 11.6 Å². The number of nitrogens with one attached hydrogen (secondary N) is 1. The third-order valence-corrected chi connectivity index (χ3v) is 2.50. The summed E-state index contributed by atoms with van der Waals surface area (Å²) in [6.45, 7) is 0. The summed E-state index contributed by atoms with van der Waals surface area (Å²) in [5, 5.41) is 3.70. The van der Waals surface area contributed by atoms with Gasteiger partial charge in [0, 0.05) is 18.1 Å². The summed E-state index contributed by atoms with van der Waals surface area (Å²) in [5.41, 5.74) is 7.08. The van der Waals surface area contributed by atoms with Crippen LogP contribution in [0.4, 0.5) is 5.69 Å². The Morgan fingerprint density at radius 3 is 2.56 bits per heavy atom. The van der Waals surface area contributed by atoms with E-state index in [1.165, 1.54) is 0 Å². The van der Waals surface area contributed by atoms with E-state index in [0.717, 1.165) is 11.4 Å². The molecule has 0 atom stereocenters. The fraction of sp³-hybridized carbons (Fsp3) is 0. The van der Waals surface area contributed by atoms with Crippen LogP contribution in [0.3, 0.4) is 0 Å². The maximum Gasteiger partial charge on any atom is 0.168 e. The van der Waals surface area contributed by atoms with E-state index in [1.807, 2.05) is 41.2 Å². The maximum absolute atomic E-state index is 6.16. The summed E-state index contributed by atoms with van der Waals surface area (Å²) < 4.78 is 1.94. The highest BCUT2D eigenvalue weighted by Gasteiger charge is 2.03. The van der Waals surface area contributed by atoms with Gasteiger partial charge in [0.15, 0.2) is 5.11 Å². The van der Waals surface area contributed by atoms with Crippen molar-refractivity contribution in [1.82, 2.24) is 4.57 Å². The molecule has 3 N–H and O–H groups in total. The van der Waals surface area contributed by atoms with Crippen LogP contribution in [0.5, 0.6) is 0 Å². The number of nitrogens with zero attached hydrogens (tertiary/aromatic N) is 1. The van der Waals surface area contributed by atoms with E-state index in [2.05, 4.69) is 5.32 Å². The first-order valence-electron chi connectivity index (χ1n) is 4.66. The van der Waals surface area contributed by atoms with E-state index in [0.29, 0.717) is 5.02 Å². The van der Waals surface area contributed by atoms with Crippen LogP contribution >= 0.6 is 23.8 Å². The molecule has 5 heteroatoms. The molecule has 1 aromatic carbocycles. The number of thiocarbonyl (C=S) groups is 1. The van der Waals surface area contributed by atoms with E-state index in [1.54, 1.807) is 6.07 Å². The minimum Gasteiger partial charge on any atom is -0.376 e. The average Bonchev–Trinajstić information content (AvgIpc) is 2.69. The lowest BCUT2D eigenvalue weighted by Gasteiger charge is -2.09. The van der Waals surface area contributed by atoms with Crippen LogP contribution in [0.2, 0.25) is 5.02 Å². The third-order valence-electron chi connectivity index (χ3n) is 2.10. The van der Waals surface area contributed by atoms with Crippen molar-refractivity contribution < 1.29 is 0 Å². The molecular weight excluding hydrogens is 242 g/mol. The molecule has 0 saturated carbocycles. The van der Waals surface area contributed by atoms with Gasteiger partial charge in [-0.05, 0) is 42.5 Å². The standard InChI is InChI=1S/C11H10ClN3S/c12-9-7-8(14-11(13)16)3-4-10(9)15-5-1-2-6-15/h1-7H,(H3,13,14,16). The molecule has 0 aliphatic carbocycles. The van der Waals surface area contributed by atoms with Crippen molar-refractivity contribution in [3.05, 3.63) is 47.7 Å². The normalized spacial score (nSPS) is 10.1. The fourth-order valence-corrected chi connectivity index (χ4v) is 1.83. The van der Waals surface area contributed by atoms with Crippen LogP contribution in [0.25, 0.3) is 5.69 Å². The van der Waals surface area contributed by atoms with Gasteiger partial charge in [-0.25, -0.2) is 0 Å². The number of nitrogens with two attached hydrogens (primary N) is 1. The van der Waals surface area contributed by atoms with E-state index in [-0.39, 0.29) is 5.11 Å². The molecule has 16 heavy (non-hydrogen) atoms. The molecule has 0 radical (unpaired) electrons. The third kappa shape index (κ3) is 2.35. The predicted octanol–water partition coefficient (Wildman–Crippen LogP) is 2.79. The molecule has 0 unspecified atom stereocenters. The zero-order valence-corrected chi connectivity index (χ0v) is 9.92. The molecule has 0 amide bonds. The van der Waals surface area contributed by atoms with Gasteiger partial charge in [0.05, 0.1) is 10.7 Å². The molecule has 82 valence electrons. The lowest BCUT2D eigenvalue weighted by atomic mass is 10.3. The Kier molecular flexibility index (Phi) is 3.12. The minimum atomic E-state index is 0.227. The zero-order chi connectivity index (χ0) is 11.5. The van der Waals surface area contributed by atoms with Crippen LogP contribution < -0.4 is 11.1 Å². The summed E-state index contributed by atoms with van der Waals surface area (Å²) in [6, 6.07) is 9.45. The van der Waals surface area contributed by atoms with E-state index >= 15 is 0 Å². The molecule has 0 spiro atoms. The summed E-state index contributed by atoms with van der Waals surface area (Å²) in [6.07, 6.45) is 3.86. The smallest absolute Gasteiger partial charge is 0.168 e. The first-order chi connectivity index (χ1) is 7.66. The Bertz CT molecular complexity index is 508. The first-order valence-corrected chi connectivity index (χ1v) is 5.45. The van der Waals surface area contributed by atoms with Crippen LogP contribution in [0.1, 0.15) is 0 Å². The van der Waals surface area contributed by atoms with Crippen molar-refractivity contribution in [3.63, 3.8) is 0 Å². The number of hydrogen-bond donors (Lipinski definition) is 2. The highest BCUT2D eigenvalue weighted by Crippen LogP contribution is 2.24. The molecule has 0 fully saturated rings. The number of aromatic nitrogens is 1. The minimum absolute atomic E-state index is 0.227. The van der Waals surface area contributed by atoms with Gasteiger partial charge >= 0.3 is 0 Å². The Morgan fingerprint density at radius 2 is 2.00 bits per heavy atom. The summed E-state index contributed by atoms with van der Waals surface area (Å²) >= 11 is 10.9. The number of anilines is 1. The molecule has 2 aromatic rings. The molecule has 0 bridgehead atoms. The number of benzene rings is 1. The largest absolute Gasteiger partial charge is 0.376 e. The monoisotopic (exact) mass is 251 g/mol. The first kappa shape index (κ1) is 11.0. The molecular formula is C11H10ClN3S. The highest BCUT2D eigenvalue weighted by molar-refractivity contribution is 7.80. The number of hydrogen-bond acceptors (Lipinski definition) is 1. The average molecular weight is 252 g/mol. The Balaban J connectivity index is 2.34. The molecule has 0 saturated heterocycles. The Hall–Kier alpha value is -1.52. The summed E-state index contributed by atoms with van der Waals surface area (Å²) in [7, 11) is 0. The number of halogens is 1. The second-order valence-corrected chi connectivity index (χ2v) is 4.09. The van der Waals surface area contributed by atoms with E-state index in [4.69, 9.17) is 29.6 Å². The van der Waals surface area contributed by atoms with E-state index < -0.39 is 0 Å². The maximum atomic E-state index is 6.16. The predicted molar refractivity (Wildman–Crippen MR) is 71.2 cm³/mol. The quantitative estimate of drug-likeness (QED) is 0.807. The fourth-order valence-electron chi connectivity index (χ4n) is 1.43. The van der Waals surface area contributed by atoms with Crippen LogP contribution in [0, 0.1) is 0 Å². The van der Waals surface area contributed by atoms with E-state index in [9.17, 15) is 0 Å². The van der Waals surface area contributed by atoms with Crippen molar-refractivity contribution in [2.24, 2.45) is 5.73 Å². The van der Waals surface area contributed by atoms with Gasteiger partial charge < -0.3 is 15.6 Å². The number of rotatable bonds is 2. The lowest BCUT2D eigenvalue weighted by molar-refractivity contribution is 1.08. The summed E-state index contributed by atoms with van der Waals surface area (Å²) in [5.74, 6) is 0. The van der Waals surface area contributed by atoms with Crippen molar-refractivity contribution in [2.75, 3.05) is 5.32 Å². The molecule has 1 aromatic heterocycles. The molecule has 1 heterocycles. The van der Waals surface area contributed by atoms with Gasteiger partial charge in [0.25, 0.3) is 0 Å². The van der Waals surface area contributed by atoms with Gasteiger partial charge in [0.1, 0.15) is 0 Å². The molecule has 0 aliphatic rings. The Labute approximate surface area is 104 Å². The van der Waals surface area contributed by atoms with Crippen molar-refractivity contribution >= 4 is 34.6 Å². The topological polar surface area (TPSA) is 43.0 Å². The van der Waals surface area contributed by atoms with Crippen molar-refractivity contribution in [1.29, 1.82) is 0 Å². The van der Waals surface area contributed by atoms with Gasteiger partial charge in [-0.2, -0.15) is 0 Å². The van der Waals surface area contributed by atoms with Gasteiger partial charge in [-0.15, -0.1) is 0 Å². The van der Waals surface area contributed by atoms with Crippen LogP contribution in [-0.2, 0) is 0 Å².